The Morgan fingerprint density at radius 1 is 1.37 bits per heavy atom. The Morgan fingerprint density at radius 2 is 2.11 bits per heavy atom. The molecule has 0 atom stereocenters. The summed E-state index contributed by atoms with van der Waals surface area (Å²) in [6.45, 7) is 0. The number of halogens is 3. The Balaban J connectivity index is 2.45. The minimum absolute atomic E-state index is 0.224. The second kappa shape index (κ2) is 4.55. The van der Waals surface area contributed by atoms with Gasteiger partial charge in [-0.1, -0.05) is 0 Å². The monoisotopic (exact) mass is 273 g/mol. The van der Waals surface area contributed by atoms with Crippen molar-refractivity contribution in [2.75, 3.05) is 5.32 Å². The van der Waals surface area contributed by atoms with Gasteiger partial charge >= 0.3 is 11.9 Å². The Kier molecular flexibility index (Phi) is 3.07. The van der Waals surface area contributed by atoms with Crippen molar-refractivity contribution in [1.82, 2.24) is 15.0 Å². The third-order valence-electron chi connectivity index (χ3n) is 2.14. The van der Waals surface area contributed by atoms with Crippen molar-refractivity contribution in [1.29, 1.82) is 0 Å². The van der Waals surface area contributed by atoms with Crippen LogP contribution in [0, 0.1) is 10.1 Å². The first-order valence-corrected chi connectivity index (χ1v) is 4.85. The lowest BCUT2D eigenvalue weighted by Gasteiger charge is -2.09. The zero-order valence-electron chi connectivity index (χ0n) is 9.10. The average molecular weight is 273 g/mol. The maximum Gasteiger partial charge on any atom is 0.433 e. The van der Waals surface area contributed by atoms with Crippen LogP contribution in [0.2, 0.25) is 0 Å². The number of anilines is 2. The number of nitrogens with one attached hydrogen (secondary N) is 2. The van der Waals surface area contributed by atoms with Gasteiger partial charge in [0.2, 0.25) is 0 Å². The van der Waals surface area contributed by atoms with Gasteiger partial charge in [-0.05, 0) is 6.07 Å². The van der Waals surface area contributed by atoms with Gasteiger partial charge in [0.05, 0.1) is 17.4 Å². The third kappa shape index (κ3) is 2.78. The summed E-state index contributed by atoms with van der Waals surface area (Å²) in [4.78, 5) is 19.1. The van der Waals surface area contributed by atoms with E-state index in [0.29, 0.717) is 12.3 Å². The zero-order chi connectivity index (χ0) is 14.0. The molecular formula is C9H6F3N5O2. The number of nitrogens with zero attached hydrogens (tertiary/aromatic N) is 3. The van der Waals surface area contributed by atoms with E-state index in [9.17, 15) is 23.3 Å². The first-order valence-electron chi connectivity index (χ1n) is 4.85. The van der Waals surface area contributed by atoms with E-state index in [1.165, 1.54) is 12.5 Å². The summed E-state index contributed by atoms with van der Waals surface area (Å²) >= 11 is 0. The van der Waals surface area contributed by atoms with Gasteiger partial charge < -0.3 is 10.3 Å². The predicted molar refractivity (Wildman–Crippen MR) is 57.8 cm³/mol. The first kappa shape index (κ1) is 12.8. The Labute approximate surface area is 103 Å². The van der Waals surface area contributed by atoms with E-state index in [2.05, 4.69) is 20.3 Å². The van der Waals surface area contributed by atoms with Crippen LogP contribution in [0.3, 0.4) is 0 Å². The van der Waals surface area contributed by atoms with Crippen molar-refractivity contribution in [2.45, 2.75) is 6.18 Å². The predicted octanol–water partition coefficient (Wildman–Crippen LogP) is 2.48. The maximum atomic E-state index is 12.5. The molecule has 0 unspecified atom stereocenters. The highest BCUT2D eigenvalue weighted by atomic mass is 19.4. The van der Waals surface area contributed by atoms with Crippen LogP contribution in [0.1, 0.15) is 5.69 Å². The number of pyridine rings is 1. The normalized spacial score (nSPS) is 11.3. The third-order valence-corrected chi connectivity index (χ3v) is 2.14. The molecule has 0 spiro atoms. The van der Waals surface area contributed by atoms with Crippen LogP contribution in [-0.2, 0) is 6.18 Å². The zero-order valence-corrected chi connectivity index (χ0v) is 9.10. The lowest BCUT2D eigenvalue weighted by Crippen LogP contribution is -2.09. The molecule has 19 heavy (non-hydrogen) atoms. The second-order valence-electron chi connectivity index (χ2n) is 3.43. The lowest BCUT2D eigenvalue weighted by molar-refractivity contribution is -0.384. The maximum absolute atomic E-state index is 12.5. The Morgan fingerprint density at radius 3 is 2.63 bits per heavy atom. The van der Waals surface area contributed by atoms with E-state index >= 15 is 0 Å². The van der Waals surface area contributed by atoms with E-state index in [1.807, 2.05) is 0 Å². The molecule has 0 radical (unpaired) electrons. The molecule has 0 fully saturated rings. The summed E-state index contributed by atoms with van der Waals surface area (Å²) < 4.78 is 37.5. The van der Waals surface area contributed by atoms with E-state index < -0.39 is 22.5 Å². The Bertz CT molecular complexity index is 596. The molecule has 0 aromatic carbocycles. The van der Waals surface area contributed by atoms with Gasteiger partial charge in [0.25, 0.3) is 0 Å². The topological polar surface area (TPSA) is 96.7 Å². The number of rotatable bonds is 3. The van der Waals surface area contributed by atoms with Crippen LogP contribution in [0.25, 0.3) is 0 Å². The molecule has 10 heteroatoms. The van der Waals surface area contributed by atoms with Crippen LogP contribution < -0.4 is 5.32 Å². The molecule has 0 aliphatic rings. The van der Waals surface area contributed by atoms with Gasteiger partial charge in [-0.2, -0.15) is 13.2 Å². The Hall–Kier alpha value is -2.65. The van der Waals surface area contributed by atoms with Crippen molar-refractivity contribution in [3.05, 3.63) is 40.6 Å². The van der Waals surface area contributed by atoms with Crippen molar-refractivity contribution >= 4 is 17.2 Å². The largest absolute Gasteiger partial charge is 0.433 e. The van der Waals surface area contributed by atoms with Crippen LogP contribution in [0.5, 0.6) is 0 Å². The molecule has 2 rings (SSSR count). The number of H-pyrrole nitrogens is 1. The highest BCUT2D eigenvalue weighted by Gasteiger charge is 2.34. The molecule has 2 N–H and O–H groups in total. The highest BCUT2D eigenvalue weighted by molar-refractivity contribution is 5.67. The molecular weight excluding hydrogens is 267 g/mol. The molecule has 7 nitrogen and oxygen atoms in total. The fourth-order valence-corrected chi connectivity index (χ4v) is 1.32. The molecule has 0 aliphatic heterocycles. The van der Waals surface area contributed by atoms with Crippen LogP contribution in [-0.4, -0.2) is 19.9 Å². The summed E-state index contributed by atoms with van der Waals surface area (Å²) in [7, 11) is 0. The quantitative estimate of drug-likeness (QED) is 0.661. The standard InChI is InChI=1S/C9H6F3N5O2/c10-9(11,12)7-1-5(6(2-14-7)17(18)19)16-8-3-13-4-15-8/h1-4H,(H,13,15)(H,14,16). The average Bonchev–Trinajstić information content (AvgIpc) is 2.80. The van der Waals surface area contributed by atoms with Crippen molar-refractivity contribution in [3.63, 3.8) is 0 Å². The van der Waals surface area contributed by atoms with Crippen LogP contribution in [0.4, 0.5) is 30.4 Å². The number of aromatic amines is 1. The molecule has 2 aromatic rings. The minimum atomic E-state index is -4.68. The van der Waals surface area contributed by atoms with E-state index in [1.54, 1.807) is 0 Å². The van der Waals surface area contributed by atoms with Crippen LogP contribution >= 0.6 is 0 Å². The van der Waals surface area contributed by atoms with Gasteiger partial charge in [0, 0.05) is 0 Å². The molecule has 0 amide bonds. The number of hydrogen-bond acceptors (Lipinski definition) is 5. The number of nitro groups is 1. The summed E-state index contributed by atoms with van der Waals surface area (Å²) in [6.07, 6.45) is -1.57. The fourth-order valence-electron chi connectivity index (χ4n) is 1.32. The van der Waals surface area contributed by atoms with E-state index in [0.717, 1.165) is 0 Å². The number of alkyl halides is 3. The molecule has 0 saturated carbocycles. The minimum Gasteiger partial charge on any atom is -0.335 e. The van der Waals surface area contributed by atoms with Gasteiger partial charge in [0.1, 0.15) is 23.4 Å². The summed E-state index contributed by atoms with van der Waals surface area (Å²) in [6, 6.07) is 0.568. The fraction of sp³-hybridized carbons (Fsp3) is 0.111. The summed E-state index contributed by atoms with van der Waals surface area (Å²) in [5.74, 6) is 0.224. The number of imidazole rings is 1. The van der Waals surface area contributed by atoms with Gasteiger partial charge in [0.15, 0.2) is 0 Å². The first-order chi connectivity index (χ1) is 8.88. The summed E-state index contributed by atoms with van der Waals surface area (Å²) in [5, 5.41) is 13.2. The van der Waals surface area contributed by atoms with Crippen LogP contribution in [0.15, 0.2) is 24.8 Å². The van der Waals surface area contributed by atoms with Crippen molar-refractivity contribution < 1.29 is 18.1 Å². The van der Waals surface area contributed by atoms with Crippen molar-refractivity contribution in [3.8, 4) is 0 Å². The second-order valence-corrected chi connectivity index (χ2v) is 3.43. The highest BCUT2D eigenvalue weighted by Crippen LogP contribution is 2.33. The smallest absolute Gasteiger partial charge is 0.335 e. The molecule has 0 bridgehead atoms. The number of aromatic nitrogens is 3. The van der Waals surface area contributed by atoms with Crippen molar-refractivity contribution in [2.24, 2.45) is 0 Å². The molecule has 2 heterocycles. The molecule has 100 valence electrons. The number of hydrogen-bond donors (Lipinski definition) is 2. The summed E-state index contributed by atoms with van der Waals surface area (Å²) in [5.41, 5.74) is -2.11. The molecule has 0 saturated heterocycles. The van der Waals surface area contributed by atoms with Gasteiger partial charge in [-0.15, -0.1) is 0 Å². The van der Waals surface area contributed by atoms with E-state index in [4.69, 9.17) is 0 Å². The van der Waals surface area contributed by atoms with E-state index in [-0.39, 0.29) is 11.5 Å². The lowest BCUT2D eigenvalue weighted by atomic mass is 10.2. The SMILES string of the molecule is O=[N+]([O-])c1cnc(C(F)(F)F)cc1Nc1cnc[nH]1. The molecule has 0 aliphatic carbocycles. The van der Waals surface area contributed by atoms with Gasteiger partial charge in [-0.3, -0.25) is 10.1 Å². The molecule has 2 aromatic heterocycles. The van der Waals surface area contributed by atoms with Gasteiger partial charge in [-0.25, -0.2) is 9.97 Å².